The number of fused-ring (bicyclic) bond motifs is 27. The van der Waals surface area contributed by atoms with Crippen LogP contribution in [0.25, 0.3) is 232 Å². The van der Waals surface area contributed by atoms with Gasteiger partial charge < -0.3 is 13.7 Å². The molecule has 0 fully saturated rings. The van der Waals surface area contributed by atoms with E-state index in [1.165, 1.54) is 127 Å². The van der Waals surface area contributed by atoms with Gasteiger partial charge in [-0.3, -0.25) is 13.7 Å². The molecule has 0 saturated carbocycles. The second-order valence-corrected chi connectivity index (χ2v) is 37.6. The normalized spacial score (nSPS) is 14.0. The van der Waals surface area contributed by atoms with Crippen LogP contribution in [0, 0.1) is 0 Å². The average Bonchev–Trinajstić information content (AvgIpc) is 1.57. The molecule has 0 bridgehead atoms. The zero-order valence-electron chi connectivity index (χ0n) is 72.0. The number of hydrogen-bond acceptors (Lipinski definition) is 2. The lowest BCUT2D eigenvalue weighted by Gasteiger charge is -2.22. The molecule has 3 aliphatic rings. The van der Waals surface area contributed by atoms with Gasteiger partial charge in [0.15, 0.2) is 0 Å². The Bertz CT molecular complexity index is 8450. The van der Waals surface area contributed by atoms with Crippen LogP contribution >= 0.6 is 0 Å². The summed E-state index contributed by atoms with van der Waals surface area (Å²) >= 11 is 0. The van der Waals surface area contributed by atoms with Crippen LogP contribution in [0.3, 0.4) is 0 Å². The quantitative estimate of drug-likeness (QED) is 0.145. The van der Waals surface area contributed by atoms with E-state index in [1.807, 2.05) is 0 Å². The Morgan fingerprint density at radius 2 is 0.395 bits per heavy atom. The first-order valence-electron chi connectivity index (χ1n) is 45.1. The molecule has 18 aromatic carbocycles. The van der Waals surface area contributed by atoms with E-state index in [9.17, 15) is 0 Å². The number of para-hydroxylation sites is 6. The van der Waals surface area contributed by atoms with Crippen LogP contribution in [0.15, 0.2) is 388 Å². The highest BCUT2D eigenvalue weighted by atomic mass is 15.2. The van der Waals surface area contributed by atoms with Gasteiger partial charge in [0.2, 0.25) is 5.95 Å². The van der Waals surface area contributed by atoms with Crippen LogP contribution in [0.5, 0.6) is 0 Å². The van der Waals surface area contributed by atoms with Gasteiger partial charge >= 0.3 is 0 Å². The van der Waals surface area contributed by atoms with Gasteiger partial charge in [-0.1, -0.05) is 296 Å². The van der Waals surface area contributed by atoms with Crippen molar-refractivity contribution in [1.82, 2.24) is 37.4 Å². The molecule has 8 heteroatoms. The second kappa shape index (κ2) is 26.0. The fraction of sp³-hybridized carbons (Fsp3) is 0.0744. The number of rotatable bonds is 9. The standard InChI is InChI=1S/C121H82N8/c1-119(2)98-34-16-7-25-80(98)83-55-49-77(67-101(83)119)124-104-37-19-10-28-86(104)92-52-43-74(64-113(92)124)71-46-58-110-95(61-71)89-31-13-22-40-107(89)127(110)116-70-117(128-108-41-23-14-32-90(108)96-62-72(47-59-111(96)128)75-44-53-93-87-29-11-20-38-105(87)125(114(93)65-75)78-50-56-84-81-26-8-17-35-99(81)120(3,4)102(84)68-78)123-118(122-116)129-109-42-24-15-33-91(109)97-63-73(48-60-112(97)129)76-45-54-94-88-30-12-21-39-106(88)126(115(94)66-76)79-51-57-85-82-27-9-18-36-100(82)121(5,6)103(85)69-79/h7-70H,1-6H3. The molecule has 7 aromatic heterocycles. The molecular weight excluding hydrogens is 1570 g/mol. The molecule has 0 spiro atoms. The Labute approximate surface area is 744 Å². The van der Waals surface area contributed by atoms with E-state index < -0.39 is 0 Å². The van der Waals surface area contributed by atoms with Crippen molar-refractivity contribution in [1.29, 1.82) is 0 Å². The summed E-state index contributed by atoms with van der Waals surface area (Å²) in [6.07, 6.45) is 0. The van der Waals surface area contributed by atoms with Crippen molar-refractivity contribution in [2.45, 2.75) is 57.8 Å². The molecule has 0 amide bonds. The van der Waals surface area contributed by atoms with Gasteiger partial charge in [0.1, 0.15) is 11.6 Å². The Morgan fingerprint density at radius 3 is 0.721 bits per heavy atom. The molecule has 25 aromatic rings. The fourth-order valence-corrected chi connectivity index (χ4v) is 23.7. The van der Waals surface area contributed by atoms with Crippen LogP contribution in [0.1, 0.15) is 74.9 Å². The molecule has 8 nitrogen and oxygen atoms in total. The number of nitrogens with zero attached hydrogens (tertiary/aromatic N) is 8. The summed E-state index contributed by atoms with van der Waals surface area (Å²) in [6, 6.07) is 146. The van der Waals surface area contributed by atoms with Crippen molar-refractivity contribution in [2.75, 3.05) is 0 Å². The van der Waals surface area contributed by atoms with Crippen LogP contribution in [0.2, 0.25) is 0 Å². The van der Waals surface area contributed by atoms with Gasteiger partial charge in [0.25, 0.3) is 0 Å². The van der Waals surface area contributed by atoms with E-state index in [1.54, 1.807) is 0 Å². The van der Waals surface area contributed by atoms with Gasteiger partial charge in [-0.15, -0.1) is 0 Å². The summed E-state index contributed by atoms with van der Waals surface area (Å²) in [4.78, 5) is 11.9. The van der Waals surface area contributed by atoms with Crippen molar-refractivity contribution in [3.8, 4) is 101 Å². The lowest BCUT2D eigenvalue weighted by molar-refractivity contribution is 0.660. The van der Waals surface area contributed by atoms with Gasteiger partial charge in [0, 0.05) is 104 Å². The maximum absolute atomic E-state index is 5.97. The summed E-state index contributed by atoms with van der Waals surface area (Å²) in [6.45, 7) is 14.2. The molecule has 0 aliphatic heterocycles. The van der Waals surface area contributed by atoms with Gasteiger partial charge in [-0.25, -0.2) is 0 Å². The Kier molecular flexibility index (Phi) is 14.6. The molecule has 129 heavy (non-hydrogen) atoms. The van der Waals surface area contributed by atoms with Crippen molar-refractivity contribution in [3.63, 3.8) is 0 Å². The molecule has 0 unspecified atom stereocenters. The van der Waals surface area contributed by atoms with Gasteiger partial charge in [-0.2, -0.15) is 9.97 Å². The molecule has 606 valence electrons. The zero-order chi connectivity index (χ0) is 85.3. The molecular formula is C121H82N8. The largest absolute Gasteiger partial charge is 0.309 e. The van der Waals surface area contributed by atoms with E-state index in [0.717, 1.165) is 133 Å². The number of hydrogen-bond donors (Lipinski definition) is 0. The highest BCUT2D eigenvalue weighted by molar-refractivity contribution is 6.17. The fourth-order valence-electron chi connectivity index (χ4n) is 23.7. The summed E-state index contributed by atoms with van der Waals surface area (Å²) in [5, 5.41) is 14.1. The van der Waals surface area contributed by atoms with Crippen molar-refractivity contribution >= 4 is 131 Å². The van der Waals surface area contributed by atoms with Crippen molar-refractivity contribution in [2.24, 2.45) is 0 Å². The van der Waals surface area contributed by atoms with Crippen LogP contribution in [-0.2, 0) is 16.2 Å². The monoisotopic (exact) mass is 1650 g/mol. The number of aromatic nitrogens is 8. The lowest BCUT2D eigenvalue weighted by Crippen LogP contribution is -2.15. The van der Waals surface area contributed by atoms with Crippen LogP contribution in [0.4, 0.5) is 0 Å². The van der Waals surface area contributed by atoms with Crippen LogP contribution in [-0.4, -0.2) is 37.4 Å². The van der Waals surface area contributed by atoms with E-state index in [0.29, 0.717) is 5.95 Å². The first kappa shape index (κ1) is 72.2. The predicted molar refractivity (Wildman–Crippen MR) is 537 cm³/mol. The molecule has 0 saturated heterocycles. The van der Waals surface area contributed by atoms with Crippen LogP contribution < -0.4 is 0 Å². The SMILES string of the molecule is CC1(C)c2ccccc2-c2ccc(-n3c4ccccc4c4ccc(-c5ccc6c(c5)c5ccccc5n6-c5cc(-n6c7ccccc7c7cc(-c8ccc9c%10ccccc%10n(-c%10ccc%11c(c%10)C(C)(C)c%10ccccc%10-%11)c9c8)ccc76)nc(-n6c7ccccc7c7cc(-c8ccc9c%10ccccc%10n(-c%10ccc%11c(c%10)C(C)(C)c%10ccccc%10-%11)c9c8)ccc76)n5)cc43)cc21. The Balaban J connectivity index is 0.624. The molecule has 3 aliphatic carbocycles. The molecule has 28 rings (SSSR count). The van der Waals surface area contributed by atoms with E-state index in [2.05, 4.69) is 457 Å². The van der Waals surface area contributed by atoms with Gasteiger partial charge in [-0.05, 0) is 228 Å². The summed E-state index contributed by atoms with van der Waals surface area (Å²) in [7, 11) is 0. The lowest BCUT2D eigenvalue weighted by atomic mass is 9.82. The maximum atomic E-state index is 5.97. The third kappa shape index (κ3) is 9.97. The second-order valence-electron chi connectivity index (χ2n) is 37.6. The van der Waals surface area contributed by atoms with E-state index in [4.69, 9.17) is 9.97 Å². The summed E-state index contributed by atoms with van der Waals surface area (Å²) < 4.78 is 14.5. The third-order valence-corrected chi connectivity index (χ3v) is 29.9. The number of benzene rings is 18. The van der Waals surface area contributed by atoms with Crippen molar-refractivity contribution < 1.29 is 0 Å². The molecule has 0 radical (unpaired) electrons. The molecule has 0 atom stereocenters. The zero-order valence-corrected chi connectivity index (χ0v) is 72.0. The highest BCUT2D eigenvalue weighted by Gasteiger charge is 2.39. The first-order chi connectivity index (χ1) is 63.2. The Morgan fingerprint density at radius 1 is 0.163 bits per heavy atom. The third-order valence-electron chi connectivity index (χ3n) is 29.9. The summed E-state index contributed by atoms with van der Waals surface area (Å²) in [5.41, 5.74) is 39.1. The smallest absolute Gasteiger partial charge is 0.238 e. The average molecular weight is 1650 g/mol. The summed E-state index contributed by atoms with van der Waals surface area (Å²) in [5.74, 6) is 2.04. The topological polar surface area (TPSA) is 55.4 Å². The Hall–Kier alpha value is -16.2. The van der Waals surface area contributed by atoms with E-state index >= 15 is 0 Å². The molecule has 7 heterocycles. The minimum absolute atomic E-state index is 0.150. The minimum Gasteiger partial charge on any atom is -0.309 e. The van der Waals surface area contributed by atoms with Gasteiger partial charge in [0.05, 0.1) is 66.2 Å². The van der Waals surface area contributed by atoms with E-state index in [-0.39, 0.29) is 16.2 Å². The van der Waals surface area contributed by atoms with Crippen molar-refractivity contribution in [3.05, 3.63) is 422 Å². The predicted octanol–water partition coefficient (Wildman–Crippen LogP) is 31.0. The molecule has 0 N–H and O–H groups in total. The minimum atomic E-state index is -0.151. The highest BCUT2D eigenvalue weighted by Crippen LogP contribution is 2.55. The maximum Gasteiger partial charge on any atom is 0.238 e. The first-order valence-corrected chi connectivity index (χ1v) is 45.1.